The summed E-state index contributed by atoms with van der Waals surface area (Å²) in [5.74, 6) is 0.207. The van der Waals surface area contributed by atoms with Crippen molar-refractivity contribution in [3.8, 4) is 0 Å². The molecule has 0 aromatic rings. The summed E-state index contributed by atoms with van der Waals surface area (Å²) in [5, 5.41) is 3.17. The third kappa shape index (κ3) is 2.65. The highest BCUT2D eigenvalue weighted by Crippen LogP contribution is 2.41. The number of rotatable bonds is 4. The predicted molar refractivity (Wildman–Crippen MR) is 69.5 cm³/mol. The lowest BCUT2D eigenvalue weighted by Gasteiger charge is -2.41. The summed E-state index contributed by atoms with van der Waals surface area (Å²) < 4.78 is 0. The summed E-state index contributed by atoms with van der Waals surface area (Å²) in [6.07, 6.45) is 9.60. The van der Waals surface area contributed by atoms with Crippen molar-refractivity contribution in [2.45, 2.75) is 58.3 Å². The average molecular weight is 238 g/mol. The van der Waals surface area contributed by atoms with Crippen LogP contribution < -0.4 is 11.1 Å². The van der Waals surface area contributed by atoms with E-state index < -0.39 is 0 Å². The SMILES string of the molecule is CC1(CNC(=O)C2(CN)CCC2)CCCCC1. The molecular formula is C14H26N2O. The Hall–Kier alpha value is -0.570. The van der Waals surface area contributed by atoms with E-state index in [1.807, 2.05) is 0 Å². The van der Waals surface area contributed by atoms with E-state index in [4.69, 9.17) is 5.73 Å². The van der Waals surface area contributed by atoms with Crippen LogP contribution in [0.25, 0.3) is 0 Å². The number of amides is 1. The molecule has 2 fully saturated rings. The van der Waals surface area contributed by atoms with E-state index in [-0.39, 0.29) is 11.3 Å². The number of hydrogen-bond acceptors (Lipinski definition) is 2. The number of nitrogens with two attached hydrogens (primary N) is 1. The Kier molecular flexibility index (Phi) is 3.76. The number of nitrogens with one attached hydrogen (secondary N) is 1. The number of carbonyl (C=O) groups is 1. The van der Waals surface area contributed by atoms with Crippen molar-refractivity contribution < 1.29 is 4.79 Å². The van der Waals surface area contributed by atoms with Crippen LogP contribution in [0.4, 0.5) is 0 Å². The van der Waals surface area contributed by atoms with Crippen LogP contribution in [0.5, 0.6) is 0 Å². The van der Waals surface area contributed by atoms with E-state index in [2.05, 4.69) is 12.2 Å². The molecule has 98 valence electrons. The van der Waals surface area contributed by atoms with Gasteiger partial charge in [0.25, 0.3) is 0 Å². The lowest BCUT2D eigenvalue weighted by atomic mass is 9.68. The first kappa shape index (κ1) is 12.9. The maximum atomic E-state index is 12.2. The monoisotopic (exact) mass is 238 g/mol. The van der Waals surface area contributed by atoms with Gasteiger partial charge in [0, 0.05) is 13.1 Å². The highest BCUT2D eigenvalue weighted by atomic mass is 16.2. The van der Waals surface area contributed by atoms with E-state index in [1.165, 1.54) is 32.1 Å². The lowest BCUT2D eigenvalue weighted by Crippen LogP contribution is -2.52. The summed E-state index contributed by atoms with van der Waals surface area (Å²) >= 11 is 0. The molecule has 0 saturated heterocycles. The van der Waals surface area contributed by atoms with E-state index in [1.54, 1.807) is 0 Å². The van der Waals surface area contributed by atoms with E-state index >= 15 is 0 Å². The average Bonchev–Trinajstić information content (AvgIpc) is 2.27. The smallest absolute Gasteiger partial charge is 0.227 e. The van der Waals surface area contributed by atoms with Crippen LogP contribution in [0.15, 0.2) is 0 Å². The highest BCUT2D eigenvalue weighted by Gasteiger charge is 2.43. The molecule has 0 aromatic carbocycles. The fourth-order valence-electron chi connectivity index (χ4n) is 3.19. The van der Waals surface area contributed by atoms with Gasteiger partial charge in [-0.2, -0.15) is 0 Å². The van der Waals surface area contributed by atoms with Crippen molar-refractivity contribution in [1.82, 2.24) is 5.32 Å². The molecule has 3 N–H and O–H groups in total. The Morgan fingerprint density at radius 1 is 1.12 bits per heavy atom. The van der Waals surface area contributed by atoms with Gasteiger partial charge in [-0.1, -0.05) is 32.6 Å². The highest BCUT2D eigenvalue weighted by molar-refractivity contribution is 5.83. The molecule has 0 aromatic heterocycles. The van der Waals surface area contributed by atoms with Crippen LogP contribution in [-0.4, -0.2) is 19.0 Å². The quantitative estimate of drug-likeness (QED) is 0.789. The van der Waals surface area contributed by atoms with Crippen LogP contribution >= 0.6 is 0 Å². The third-order valence-electron chi connectivity index (χ3n) is 4.92. The number of hydrogen-bond donors (Lipinski definition) is 2. The first-order valence-electron chi connectivity index (χ1n) is 7.09. The van der Waals surface area contributed by atoms with Crippen LogP contribution in [0.3, 0.4) is 0 Å². The second-order valence-electron chi connectivity index (χ2n) is 6.39. The second-order valence-corrected chi connectivity index (χ2v) is 6.39. The Bertz CT molecular complexity index is 272. The summed E-state index contributed by atoms with van der Waals surface area (Å²) in [5.41, 5.74) is 5.86. The molecule has 3 nitrogen and oxygen atoms in total. The minimum atomic E-state index is -0.217. The van der Waals surface area contributed by atoms with Gasteiger partial charge in [-0.25, -0.2) is 0 Å². The summed E-state index contributed by atoms with van der Waals surface area (Å²) in [6, 6.07) is 0. The molecule has 0 bridgehead atoms. The topological polar surface area (TPSA) is 55.1 Å². The molecule has 2 aliphatic carbocycles. The van der Waals surface area contributed by atoms with Gasteiger partial charge in [-0.3, -0.25) is 4.79 Å². The molecule has 2 rings (SSSR count). The molecular weight excluding hydrogens is 212 g/mol. The molecule has 0 spiro atoms. The van der Waals surface area contributed by atoms with E-state index in [0.717, 1.165) is 25.8 Å². The predicted octanol–water partition coefficient (Wildman–Crippen LogP) is 2.20. The van der Waals surface area contributed by atoms with Crippen LogP contribution in [0.2, 0.25) is 0 Å². The molecule has 0 aliphatic heterocycles. The lowest BCUT2D eigenvalue weighted by molar-refractivity contribution is -0.135. The van der Waals surface area contributed by atoms with Crippen LogP contribution in [0, 0.1) is 10.8 Å². The van der Waals surface area contributed by atoms with Gasteiger partial charge in [0.05, 0.1) is 5.41 Å². The van der Waals surface area contributed by atoms with Crippen molar-refractivity contribution >= 4 is 5.91 Å². The fraction of sp³-hybridized carbons (Fsp3) is 0.929. The zero-order valence-corrected chi connectivity index (χ0v) is 11.1. The van der Waals surface area contributed by atoms with Crippen LogP contribution in [-0.2, 0) is 4.79 Å². The molecule has 0 heterocycles. The Morgan fingerprint density at radius 2 is 1.76 bits per heavy atom. The summed E-state index contributed by atoms with van der Waals surface area (Å²) in [4.78, 5) is 12.2. The fourth-order valence-corrected chi connectivity index (χ4v) is 3.19. The zero-order valence-electron chi connectivity index (χ0n) is 11.1. The third-order valence-corrected chi connectivity index (χ3v) is 4.92. The molecule has 2 saturated carbocycles. The first-order valence-corrected chi connectivity index (χ1v) is 7.09. The summed E-state index contributed by atoms with van der Waals surface area (Å²) in [6.45, 7) is 3.66. The number of carbonyl (C=O) groups excluding carboxylic acids is 1. The second kappa shape index (κ2) is 4.97. The first-order chi connectivity index (χ1) is 8.10. The van der Waals surface area contributed by atoms with Gasteiger partial charge in [-0.05, 0) is 31.1 Å². The van der Waals surface area contributed by atoms with Crippen LogP contribution in [0.1, 0.15) is 58.3 Å². The molecule has 0 unspecified atom stereocenters. The Morgan fingerprint density at radius 3 is 2.24 bits per heavy atom. The Balaban J connectivity index is 1.83. The van der Waals surface area contributed by atoms with Crippen molar-refractivity contribution in [2.24, 2.45) is 16.6 Å². The maximum absolute atomic E-state index is 12.2. The molecule has 0 radical (unpaired) electrons. The molecule has 3 heteroatoms. The normalized spacial score (nSPS) is 26.0. The van der Waals surface area contributed by atoms with Gasteiger partial charge in [-0.15, -0.1) is 0 Å². The van der Waals surface area contributed by atoms with Crippen molar-refractivity contribution in [3.63, 3.8) is 0 Å². The molecule has 1 amide bonds. The van der Waals surface area contributed by atoms with Crippen molar-refractivity contribution in [2.75, 3.05) is 13.1 Å². The minimum Gasteiger partial charge on any atom is -0.355 e. The standard InChI is InChI=1S/C14H26N2O/c1-13(6-3-2-4-7-13)11-16-12(17)14(10-15)8-5-9-14/h2-11,15H2,1H3,(H,16,17). The minimum absolute atomic E-state index is 0.207. The zero-order chi connectivity index (χ0) is 12.4. The van der Waals surface area contributed by atoms with E-state index in [9.17, 15) is 4.79 Å². The van der Waals surface area contributed by atoms with Crippen molar-refractivity contribution in [1.29, 1.82) is 0 Å². The maximum Gasteiger partial charge on any atom is 0.227 e. The molecule has 0 atom stereocenters. The van der Waals surface area contributed by atoms with E-state index in [0.29, 0.717) is 12.0 Å². The van der Waals surface area contributed by atoms with Gasteiger partial charge in [0.2, 0.25) is 5.91 Å². The van der Waals surface area contributed by atoms with Gasteiger partial charge in [0.15, 0.2) is 0 Å². The van der Waals surface area contributed by atoms with Gasteiger partial charge >= 0.3 is 0 Å². The van der Waals surface area contributed by atoms with Gasteiger partial charge in [0.1, 0.15) is 0 Å². The van der Waals surface area contributed by atoms with Gasteiger partial charge < -0.3 is 11.1 Å². The summed E-state index contributed by atoms with van der Waals surface area (Å²) in [7, 11) is 0. The molecule has 17 heavy (non-hydrogen) atoms. The van der Waals surface area contributed by atoms with Crippen molar-refractivity contribution in [3.05, 3.63) is 0 Å². The largest absolute Gasteiger partial charge is 0.355 e. The molecule has 2 aliphatic rings. The Labute approximate surface area is 105 Å².